The minimum Gasteiger partial charge on any atom is -0.495 e. The van der Waals surface area contributed by atoms with E-state index in [9.17, 15) is 4.79 Å². The predicted octanol–water partition coefficient (Wildman–Crippen LogP) is 3.28. The first-order valence-corrected chi connectivity index (χ1v) is 7.56. The molecule has 0 atom stereocenters. The van der Waals surface area contributed by atoms with Crippen LogP contribution in [0.5, 0.6) is 11.5 Å². The quantitative estimate of drug-likeness (QED) is 0.909. The molecule has 2 aromatic rings. The molecule has 7 heteroatoms. The van der Waals surface area contributed by atoms with Crippen molar-refractivity contribution in [1.82, 2.24) is 10.2 Å². The van der Waals surface area contributed by atoms with Gasteiger partial charge in [0.1, 0.15) is 11.5 Å². The van der Waals surface area contributed by atoms with Crippen LogP contribution < -0.4 is 14.8 Å². The fraction of sp³-hybridized carbons (Fsp3) is 0.312. The molecule has 6 nitrogen and oxygen atoms in total. The molecule has 1 heterocycles. The summed E-state index contributed by atoms with van der Waals surface area (Å²) in [5, 5.41) is 11.2. The molecule has 3 rings (SSSR count). The average molecular weight is 334 g/mol. The SMILES string of the molecule is COc1cc(NC(=O)c2ccc(C3CC3)nn2)c(OC)cc1Cl. The van der Waals surface area contributed by atoms with Gasteiger partial charge in [-0.3, -0.25) is 4.79 Å². The van der Waals surface area contributed by atoms with Gasteiger partial charge in [-0.25, -0.2) is 0 Å². The number of hydrogen-bond donors (Lipinski definition) is 1. The van der Waals surface area contributed by atoms with E-state index in [0.717, 1.165) is 18.5 Å². The Labute approximate surface area is 138 Å². The highest BCUT2D eigenvalue weighted by Gasteiger charge is 2.25. The predicted molar refractivity (Wildman–Crippen MR) is 86.5 cm³/mol. The molecule has 1 fully saturated rings. The third-order valence-corrected chi connectivity index (χ3v) is 3.93. The van der Waals surface area contributed by atoms with E-state index in [2.05, 4.69) is 15.5 Å². The first-order chi connectivity index (χ1) is 11.1. The lowest BCUT2D eigenvalue weighted by atomic mass is 10.2. The van der Waals surface area contributed by atoms with E-state index < -0.39 is 0 Å². The monoisotopic (exact) mass is 333 g/mol. The number of ether oxygens (including phenoxy) is 2. The zero-order valence-corrected chi connectivity index (χ0v) is 13.6. The molecule has 120 valence electrons. The number of nitrogens with one attached hydrogen (secondary N) is 1. The lowest BCUT2D eigenvalue weighted by Crippen LogP contribution is -2.15. The highest BCUT2D eigenvalue weighted by molar-refractivity contribution is 6.32. The lowest BCUT2D eigenvalue weighted by Gasteiger charge is -2.12. The Hall–Kier alpha value is -2.34. The van der Waals surface area contributed by atoms with E-state index >= 15 is 0 Å². The number of aromatic nitrogens is 2. The van der Waals surface area contributed by atoms with Crippen LogP contribution in [0.1, 0.15) is 34.9 Å². The summed E-state index contributed by atoms with van der Waals surface area (Å²) < 4.78 is 10.4. The maximum absolute atomic E-state index is 12.3. The molecule has 1 amide bonds. The minimum atomic E-state index is -0.373. The largest absolute Gasteiger partial charge is 0.495 e. The van der Waals surface area contributed by atoms with Gasteiger partial charge < -0.3 is 14.8 Å². The van der Waals surface area contributed by atoms with Crippen molar-refractivity contribution in [3.63, 3.8) is 0 Å². The number of anilines is 1. The molecule has 0 spiro atoms. The van der Waals surface area contributed by atoms with Crippen LogP contribution in [0.3, 0.4) is 0 Å². The van der Waals surface area contributed by atoms with Crippen LogP contribution in [0.15, 0.2) is 24.3 Å². The van der Waals surface area contributed by atoms with Gasteiger partial charge in [0.15, 0.2) is 5.69 Å². The van der Waals surface area contributed by atoms with E-state index in [1.807, 2.05) is 6.07 Å². The molecule has 1 N–H and O–H groups in total. The summed E-state index contributed by atoms with van der Waals surface area (Å²) in [7, 11) is 3.00. The van der Waals surface area contributed by atoms with Crippen molar-refractivity contribution in [2.45, 2.75) is 18.8 Å². The second-order valence-electron chi connectivity index (χ2n) is 5.26. The van der Waals surface area contributed by atoms with Crippen molar-refractivity contribution in [2.75, 3.05) is 19.5 Å². The van der Waals surface area contributed by atoms with E-state index in [4.69, 9.17) is 21.1 Å². The number of rotatable bonds is 5. The highest BCUT2D eigenvalue weighted by atomic mass is 35.5. The number of benzene rings is 1. The van der Waals surface area contributed by atoms with Crippen LogP contribution in [0.25, 0.3) is 0 Å². The van der Waals surface area contributed by atoms with Crippen molar-refractivity contribution in [1.29, 1.82) is 0 Å². The van der Waals surface area contributed by atoms with Crippen molar-refractivity contribution >= 4 is 23.2 Å². The van der Waals surface area contributed by atoms with E-state index in [0.29, 0.717) is 28.1 Å². The molecule has 0 radical (unpaired) electrons. The molecule has 1 saturated carbocycles. The van der Waals surface area contributed by atoms with Gasteiger partial charge in [-0.05, 0) is 25.0 Å². The number of carbonyl (C=O) groups is 1. The number of methoxy groups -OCH3 is 2. The Kier molecular flexibility index (Phi) is 4.34. The van der Waals surface area contributed by atoms with Crippen LogP contribution in [-0.2, 0) is 0 Å². The normalized spacial score (nSPS) is 13.5. The van der Waals surface area contributed by atoms with Crippen LogP contribution in [0.4, 0.5) is 5.69 Å². The van der Waals surface area contributed by atoms with Crippen molar-refractivity contribution in [2.24, 2.45) is 0 Å². The van der Waals surface area contributed by atoms with Crippen molar-refractivity contribution in [3.8, 4) is 11.5 Å². The van der Waals surface area contributed by atoms with E-state index in [1.165, 1.54) is 14.2 Å². The number of carbonyl (C=O) groups excluding carboxylic acids is 1. The molecule has 1 aromatic carbocycles. The van der Waals surface area contributed by atoms with Crippen LogP contribution >= 0.6 is 11.6 Å². The molecule has 1 aliphatic carbocycles. The summed E-state index contributed by atoms with van der Waals surface area (Å²) >= 11 is 6.05. The van der Waals surface area contributed by atoms with Crippen molar-refractivity contribution in [3.05, 3.63) is 40.7 Å². The summed E-state index contributed by atoms with van der Waals surface area (Å²) in [6.45, 7) is 0. The number of hydrogen-bond acceptors (Lipinski definition) is 5. The second kappa shape index (κ2) is 6.42. The summed E-state index contributed by atoms with van der Waals surface area (Å²) in [6, 6.07) is 6.71. The summed E-state index contributed by atoms with van der Waals surface area (Å²) in [5.41, 5.74) is 1.63. The molecule has 0 unspecified atom stereocenters. The summed E-state index contributed by atoms with van der Waals surface area (Å²) in [5.74, 6) is 1.01. The van der Waals surface area contributed by atoms with Gasteiger partial charge in [-0.15, -0.1) is 5.10 Å². The Morgan fingerprint density at radius 3 is 2.48 bits per heavy atom. The first kappa shape index (κ1) is 15.6. The third kappa shape index (κ3) is 3.37. The maximum Gasteiger partial charge on any atom is 0.276 e. The fourth-order valence-corrected chi connectivity index (χ4v) is 2.44. The first-order valence-electron chi connectivity index (χ1n) is 7.19. The molecule has 0 bridgehead atoms. The zero-order chi connectivity index (χ0) is 16.4. The van der Waals surface area contributed by atoms with Gasteiger partial charge in [0, 0.05) is 18.1 Å². The summed E-state index contributed by atoms with van der Waals surface area (Å²) in [4.78, 5) is 12.3. The van der Waals surface area contributed by atoms with E-state index in [1.54, 1.807) is 18.2 Å². The topological polar surface area (TPSA) is 73.3 Å². The van der Waals surface area contributed by atoms with Gasteiger partial charge in [0.05, 0.1) is 30.6 Å². The van der Waals surface area contributed by atoms with Crippen molar-refractivity contribution < 1.29 is 14.3 Å². The molecule has 0 saturated heterocycles. The zero-order valence-electron chi connectivity index (χ0n) is 12.8. The molecule has 1 aromatic heterocycles. The molecule has 23 heavy (non-hydrogen) atoms. The maximum atomic E-state index is 12.3. The van der Waals surface area contributed by atoms with Gasteiger partial charge in [0.2, 0.25) is 0 Å². The molecular weight excluding hydrogens is 318 g/mol. The average Bonchev–Trinajstić information content (AvgIpc) is 3.41. The molecule has 1 aliphatic rings. The summed E-state index contributed by atoms with van der Waals surface area (Å²) in [6.07, 6.45) is 2.28. The smallest absolute Gasteiger partial charge is 0.276 e. The Balaban J connectivity index is 1.81. The highest BCUT2D eigenvalue weighted by Crippen LogP contribution is 2.38. The molecular formula is C16H16ClN3O3. The Morgan fingerprint density at radius 2 is 1.91 bits per heavy atom. The number of halogens is 1. The van der Waals surface area contributed by atoms with Gasteiger partial charge in [-0.1, -0.05) is 11.6 Å². The second-order valence-corrected chi connectivity index (χ2v) is 5.67. The van der Waals surface area contributed by atoms with Gasteiger partial charge in [0.25, 0.3) is 5.91 Å². The number of nitrogens with zero attached hydrogens (tertiary/aromatic N) is 2. The van der Waals surface area contributed by atoms with Crippen LogP contribution in [-0.4, -0.2) is 30.3 Å². The minimum absolute atomic E-state index is 0.241. The van der Waals surface area contributed by atoms with Gasteiger partial charge in [-0.2, -0.15) is 5.10 Å². The number of amides is 1. The lowest BCUT2D eigenvalue weighted by molar-refractivity contribution is 0.102. The Bertz CT molecular complexity index is 730. The van der Waals surface area contributed by atoms with Gasteiger partial charge >= 0.3 is 0 Å². The molecule has 0 aliphatic heterocycles. The van der Waals surface area contributed by atoms with Crippen LogP contribution in [0, 0.1) is 0 Å². The van der Waals surface area contributed by atoms with E-state index in [-0.39, 0.29) is 11.6 Å². The standard InChI is InChI=1S/C16H16ClN3O3/c1-22-14-8-13(15(23-2)7-10(14)17)18-16(21)12-6-5-11(19-20-12)9-3-4-9/h5-9H,3-4H2,1-2H3,(H,18,21). The third-order valence-electron chi connectivity index (χ3n) is 3.64. The van der Waals surface area contributed by atoms with Crippen LogP contribution in [0.2, 0.25) is 5.02 Å². The fourth-order valence-electron chi connectivity index (χ4n) is 2.21. The Morgan fingerprint density at radius 1 is 1.17 bits per heavy atom.